The van der Waals surface area contributed by atoms with Gasteiger partial charge in [-0.2, -0.15) is 5.21 Å². The highest BCUT2D eigenvalue weighted by Gasteiger charge is 2.12. The number of hydrogen-bond donors (Lipinski definition) is 4. The molecular formula is C10H9N5O4. The lowest BCUT2D eigenvalue weighted by molar-refractivity contribution is -0.115. The van der Waals surface area contributed by atoms with Gasteiger partial charge in [0.2, 0.25) is 5.91 Å². The minimum atomic E-state index is -1.29. The summed E-state index contributed by atoms with van der Waals surface area (Å²) in [4.78, 5) is 22.4. The third-order valence-electron chi connectivity index (χ3n) is 2.22. The number of rotatable bonds is 4. The highest BCUT2D eigenvalue weighted by Crippen LogP contribution is 2.21. The molecule has 9 nitrogen and oxygen atoms in total. The molecule has 4 N–H and O–H groups in total. The lowest BCUT2D eigenvalue weighted by atomic mass is 10.1. The first-order valence-corrected chi connectivity index (χ1v) is 5.15. The number of aromatic nitrogens is 4. The Morgan fingerprint density at radius 3 is 2.79 bits per heavy atom. The average Bonchev–Trinajstić information content (AvgIpc) is 2.84. The minimum Gasteiger partial charge on any atom is -0.507 e. The van der Waals surface area contributed by atoms with Crippen LogP contribution in [0, 0.1) is 0 Å². The van der Waals surface area contributed by atoms with Gasteiger partial charge in [-0.25, -0.2) is 4.79 Å². The molecular weight excluding hydrogens is 254 g/mol. The fourth-order valence-electron chi connectivity index (χ4n) is 1.39. The zero-order valence-electron chi connectivity index (χ0n) is 9.49. The SMILES string of the molecule is O=C(Cc1nn[nH]n1)Nc1ccc(O)c(C(=O)O)c1. The fraction of sp³-hybridized carbons (Fsp3) is 0.100. The molecule has 9 heteroatoms. The summed E-state index contributed by atoms with van der Waals surface area (Å²) >= 11 is 0. The normalized spacial score (nSPS) is 10.1. The van der Waals surface area contributed by atoms with Crippen molar-refractivity contribution >= 4 is 17.6 Å². The number of nitrogens with one attached hydrogen (secondary N) is 2. The molecule has 0 atom stereocenters. The summed E-state index contributed by atoms with van der Waals surface area (Å²) < 4.78 is 0. The molecule has 1 heterocycles. The highest BCUT2D eigenvalue weighted by molar-refractivity contribution is 5.96. The fourth-order valence-corrected chi connectivity index (χ4v) is 1.39. The van der Waals surface area contributed by atoms with Gasteiger partial charge in [-0.15, -0.1) is 10.2 Å². The first-order chi connectivity index (χ1) is 9.06. The molecule has 0 saturated carbocycles. The standard InChI is InChI=1S/C10H9N5O4/c16-7-2-1-5(3-6(7)10(18)19)11-9(17)4-8-12-14-15-13-8/h1-3,16H,4H2,(H,11,17)(H,18,19)(H,12,13,14,15). The number of aromatic hydroxyl groups is 1. The number of nitrogens with zero attached hydrogens (tertiary/aromatic N) is 3. The predicted octanol–water partition coefficient (Wildman–Crippen LogP) is -0.215. The molecule has 2 aromatic rings. The van der Waals surface area contributed by atoms with Crippen molar-refractivity contribution in [2.24, 2.45) is 0 Å². The quantitative estimate of drug-likeness (QED) is 0.559. The molecule has 0 aliphatic heterocycles. The molecule has 0 spiro atoms. The summed E-state index contributed by atoms with van der Waals surface area (Å²) in [6, 6.07) is 3.73. The number of carboxylic acid groups (broad SMARTS) is 1. The second-order valence-corrected chi connectivity index (χ2v) is 3.59. The molecule has 0 aliphatic carbocycles. The van der Waals surface area contributed by atoms with Gasteiger partial charge in [-0.05, 0) is 18.2 Å². The maximum atomic E-state index is 11.6. The van der Waals surface area contributed by atoms with Gasteiger partial charge < -0.3 is 15.5 Å². The van der Waals surface area contributed by atoms with Crippen molar-refractivity contribution in [1.82, 2.24) is 20.6 Å². The van der Waals surface area contributed by atoms with Gasteiger partial charge in [0.05, 0.1) is 6.42 Å². The van der Waals surface area contributed by atoms with Crippen molar-refractivity contribution in [1.29, 1.82) is 0 Å². The number of phenols is 1. The number of hydrogen-bond acceptors (Lipinski definition) is 6. The summed E-state index contributed by atoms with van der Waals surface area (Å²) in [5.74, 6) is -1.87. The van der Waals surface area contributed by atoms with E-state index in [0.29, 0.717) is 0 Å². The number of anilines is 1. The second kappa shape index (κ2) is 5.12. The number of tetrazole rings is 1. The van der Waals surface area contributed by atoms with Gasteiger partial charge in [0, 0.05) is 5.69 Å². The zero-order valence-corrected chi connectivity index (χ0v) is 9.49. The van der Waals surface area contributed by atoms with E-state index in [9.17, 15) is 14.7 Å². The van der Waals surface area contributed by atoms with Crippen LogP contribution >= 0.6 is 0 Å². The van der Waals surface area contributed by atoms with Crippen molar-refractivity contribution in [2.75, 3.05) is 5.32 Å². The molecule has 0 saturated heterocycles. The third kappa shape index (κ3) is 3.03. The summed E-state index contributed by atoms with van der Waals surface area (Å²) in [7, 11) is 0. The molecule has 1 aromatic heterocycles. The predicted molar refractivity (Wildman–Crippen MR) is 61.6 cm³/mol. The Balaban J connectivity index is 2.09. The number of amides is 1. The van der Waals surface area contributed by atoms with Crippen LogP contribution in [0.1, 0.15) is 16.2 Å². The Morgan fingerprint density at radius 2 is 2.16 bits per heavy atom. The molecule has 1 aromatic carbocycles. The van der Waals surface area contributed by atoms with E-state index in [1.54, 1.807) is 0 Å². The van der Waals surface area contributed by atoms with Gasteiger partial charge >= 0.3 is 5.97 Å². The Morgan fingerprint density at radius 1 is 1.37 bits per heavy atom. The van der Waals surface area contributed by atoms with Crippen LogP contribution in [0.3, 0.4) is 0 Å². The van der Waals surface area contributed by atoms with Crippen molar-refractivity contribution in [3.63, 3.8) is 0 Å². The minimum absolute atomic E-state index is 0.0974. The zero-order chi connectivity index (χ0) is 13.8. The molecule has 0 aliphatic rings. The van der Waals surface area contributed by atoms with Crippen LogP contribution in [0.15, 0.2) is 18.2 Å². The van der Waals surface area contributed by atoms with Gasteiger partial charge in [0.1, 0.15) is 11.3 Å². The molecule has 0 unspecified atom stereocenters. The topological polar surface area (TPSA) is 141 Å². The second-order valence-electron chi connectivity index (χ2n) is 3.59. The average molecular weight is 263 g/mol. The molecule has 0 radical (unpaired) electrons. The van der Waals surface area contributed by atoms with Crippen molar-refractivity contribution in [3.05, 3.63) is 29.6 Å². The Hall–Kier alpha value is -2.97. The highest BCUT2D eigenvalue weighted by atomic mass is 16.4. The maximum Gasteiger partial charge on any atom is 0.339 e. The molecule has 98 valence electrons. The lowest BCUT2D eigenvalue weighted by Gasteiger charge is -2.06. The molecule has 0 bridgehead atoms. The maximum absolute atomic E-state index is 11.6. The monoisotopic (exact) mass is 263 g/mol. The number of carbonyl (C=O) groups excluding carboxylic acids is 1. The van der Waals surface area contributed by atoms with Crippen LogP contribution in [0.4, 0.5) is 5.69 Å². The number of aromatic amines is 1. The Kier molecular flexibility index (Phi) is 3.37. The van der Waals surface area contributed by atoms with Gasteiger partial charge in [-0.3, -0.25) is 4.79 Å². The summed E-state index contributed by atoms with van der Waals surface area (Å²) in [5.41, 5.74) is -0.0407. The van der Waals surface area contributed by atoms with Crippen LogP contribution in [-0.2, 0) is 11.2 Å². The van der Waals surface area contributed by atoms with Crippen molar-refractivity contribution < 1.29 is 19.8 Å². The van der Waals surface area contributed by atoms with Crippen LogP contribution in [0.5, 0.6) is 5.75 Å². The van der Waals surface area contributed by atoms with Crippen LogP contribution in [0.25, 0.3) is 0 Å². The first kappa shape index (κ1) is 12.5. The van der Waals surface area contributed by atoms with E-state index in [1.165, 1.54) is 12.1 Å². The number of carboxylic acids is 1. The molecule has 2 rings (SSSR count). The van der Waals surface area contributed by atoms with E-state index in [0.717, 1.165) is 6.07 Å². The van der Waals surface area contributed by atoms with Crippen molar-refractivity contribution in [2.45, 2.75) is 6.42 Å². The largest absolute Gasteiger partial charge is 0.507 e. The van der Waals surface area contributed by atoms with Crippen LogP contribution in [-0.4, -0.2) is 42.7 Å². The number of carbonyl (C=O) groups is 2. The Bertz CT molecular complexity index is 610. The van der Waals surface area contributed by atoms with Gasteiger partial charge in [0.25, 0.3) is 0 Å². The smallest absolute Gasteiger partial charge is 0.339 e. The first-order valence-electron chi connectivity index (χ1n) is 5.15. The van der Waals surface area contributed by atoms with Crippen LogP contribution < -0.4 is 5.32 Å². The van der Waals surface area contributed by atoms with E-state index in [-0.39, 0.29) is 29.2 Å². The van der Waals surface area contributed by atoms with E-state index in [4.69, 9.17) is 5.11 Å². The van der Waals surface area contributed by atoms with Gasteiger partial charge in [0.15, 0.2) is 5.82 Å². The number of H-pyrrole nitrogens is 1. The summed E-state index contributed by atoms with van der Waals surface area (Å²) in [5, 5.41) is 33.4. The number of aromatic carboxylic acids is 1. The van der Waals surface area contributed by atoms with E-state index in [1.807, 2.05) is 0 Å². The molecule has 0 fully saturated rings. The van der Waals surface area contributed by atoms with Crippen molar-refractivity contribution in [3.8, 4) is 5.75 Å². The molecule has 19 heavy (non-hydrogen) atoms. The van der Waals surface area contributed by atoms with E-state index >= 15 is 0 Å². The lowest BCUT2D eigenvalue weighted by Crippen LogP contribution is -2.15. The molecule has 1 amide bonds. The van der Waals surface area contributed by atoms with Crippen LogP contribution in [0.2, 0.25) is 0 Å². The summed E-state index contributed by atoms with van der Waals surface area (Å²) in [6.45, 7) is 0. The summed E-state index contributed by atoms with van der Waals surface area (Å²) in [6.07, 6.45) is -0.0974. The van der Waals surface area contributed by atoms with Gasteiger partial charge in [-0.1, -0.05) is 5.21 Å². The Labute approximate surface area is 106 Å². The van der Waals surface area contributed by atoms with E-state index < -0.39 is 11.9 Å². The van der Waals surface area contributed by atoms with E-state index in [2.05, 4.69) is 25.9 Å². The third-order valence-corrected chi connectivity index (χ3v) is 2.22. The number of benzene rings is 1.